The molecule has 4 rings (SSSR count). The lowest BCUT2D eigenvalue weighted by atomic mass is 10.2. The van der Waals surface area contributed by atoms with E-state index in [1.165, 1.54) is 0 Å². The molecule has 0 radical (unpaired) electrons. The molecule has 0 aliphatic rings. The van der Waals surface area contributed by atoms with Gasteiger partial charge in [-0.05, 0) is 47.4 Å². The monoisotopic (exact) mass is 359 g/mol. The Morgan fingerprint density at radius 2 is 1.48 bits per heavy atom. The number of rotatable bonds is 3. The Balaban J connectivity index is 1.78. The van der Waals surface area contributed by atoms with Crippen LogP contribution < -0.4 is 26.6 Å². The predicted molar refractivity (Wildman–Crippen MR) is 105 cm³/mol. The fourth-order valence-corrected chi connectivity index (χ4v) is 2.89. The van der Waals surface area contributed by atoms with Gasteiger partial charge in [0.25, 0.3) is 11.1 Å². The second-order valence-corrected chi connectivity index (χ2v) is 6.11. The van der Waals surface area contributed by atoms with Crippen LogP contribution in [-0.4, -0.2) is 22.1 Å². The van der Waals surface area contributed by atoms with Gasteiger partial charge in [-0.1, -0.05) is 30.3 Å². The van der Waals surface area contributed by atoms with Crippen LogP contribution in [0.2, 0.25) is 0 Å². The number of H-pyrrole nitrogens is 3. The predicted octanol–water partition coefficient (Wildman–Crippen LogP) is 1.21. The SMILES string of the molecule is COc1ccc(/C=c2\[nH]c(=O)/c(=C/c3cc4ccccc4[nH]3)[nH]c2=O)cc1. The van der Waals surface area contributed by atoms with Gasteiger partial charge in [-0.25, -0.2) is 0 Å². The lowest BCUT2D eigenvalue weighted by molar-refractivity contribution is 0.415. The number of aromatic amines is 3. The molecule has 0 saturated carbocycles. The third-order valence-corrected chi connectivity index (χ3v) is 4.26. The van der Waals surface area contributed by atoms with Crippen LogP contribution in [0, 0.1) is 0 Å². The molecule has 0 saturated heterocycles. The van der Waals surface area contributed by atoms with Crippen molar-refractivity contribution < 1.29 is 4.74 Å². The van der Waals surface area contributed by atoms with E-state index in [1.54, 1.807) is 43.5 Å². The van der Waals surface area contributed by atoms with Crippen LogP contribution in [0.25, 0.3) is 23.1 Å². The molecule has 0 bridgehead atoms. The van der Waals surface area contributed by atoms with Gasteiger partial charge in [0.1, 0.15) is 16.4 Å². The highest BCUT2D eigenvalue weighted by molar-refractivity contribution is 5.82. The summed E-state index contributed by atoms with van der Waals surface area (Å²) in [6, 6.07) is 16.9. The zero-order valence-electron chi connectivity index (χ0n) is 14.6. The average Bonchev–Trinajstić information content (AvgIpc) is 3.09. The Morgan fingerprint density at radius 1 is 0.815 bits per heavy atom. The van der Waals surface area contributed by atoms with E-state index in [0.29, 0.717) is 0 Å². The minimum absolute atomic E-state index is 0.193. The number of ether oxygens (including phenoxy) is 1. The van der Waals surface area contributed by atoms with Crippen molar-refractivity contribution in [1.29, 1.82) is 0 Å². The van der Waals surface area contributed by atoms with Crippen molar-refractivity contribution in [2.75, 3.05) is 7.11 Å². The molecule has 0 amide bonds. The summed E-state index contributed by atoms with van der Waals surface area (Å²) in [4.78, 5) is 33.3. The highest BCUT2D eigenvalue weighted by Crippen LogP contribution is 2.14. The van der Waals surface area contributed by atoms with Crippen molar-refractivity contribution in [1.82, 2.24) is 15.0 Å². The summed E-state index contributed by atoms with van der Waals surface area (Å²) in [5, 5.41) is 1.42. The van der Waals surface area contributed by atoms with E-state index in [4.69, 9.17) is 4.74 Å². The molecule has 3 N–H and O–H groups in total. The zero-order chi connectivity index (χ0) is 18.8. The number of aromatic nitrogens is 3. The molecule has 27 heavy (non-hydrogen) atoms. The van der Waals surface area contributed by atoms with Crippen LogP contribution in [-0.2, 0) is 0 Å². The Labute approximate surface area is 153 Å². The van der Waals surface area contributed by atoms with Crippen LogP contribution in [0.1, 0.15) is 11.3 Å². The van der Waals surface area contributed by atoms with Crippen LogP contribution in [0.5, 0.6) is 5.75 Å². The largest absolute Gasteiger partial charge is 0.497 e. The highest BCUT2D eigenvalue weighted by Gasteiger charge is 2.00. The Bertz CT molecular complexity index is 1310. The van der Waals surface area contributed by atoms with E-state index in [1.807, 2.05) is 30.3 Å². The molecule has 0 spiro atoms. The van der Waals surface area contributed by atoms with Gasteiger partial charge in [0.2, 0.25) is 0 Å². The van der Waals surface area contributed by atoms with Gasteiger partial charge >= 0.3 is 0 Å². The van der Waals surface area contributed by atoms with Crippen LogP contribution in [0.15, 0.2) is 64.2 Å². The van der Waals surface area contributed by atoms with Crippen molar-refractivity contribution in [2.24, 2.45) is 0 Å². The molecule has 6 heteroatoms. The maximum Gasteiger partial charge on any atom is 0.272 e. The van der Waals surface area contributed by atoms with E-state index in [-0.39, 0.29) is 21.8 Å². The summed E-state index contributed by atoms with van der Waals surface area (Å²) < 4.78 is 5.11. The van der Waals surface area contributed by atoms with Gasteiger partial charge in [0.05, 0.1) is 7.11 Å². The molecular formula is C21H17N3O3. The maximum atomic E-state index is 12.4. The number of nitrogens with one attached hydrogen (secondary N) is 3. The number of para-hydroxylation sites is 1. The van der Waals surface area contributed by atoms with Gasteiger partial charge in [-0.3, -0.25) is 9.59 Å². The first kappa shape index (κ1) is 16.7. The molecule has 2 aromatic carbocycles. The van der Waals surface area contributed by atoms with Crippen molar-refractivity contribution in [3.63, 3.8) is 0 Å². The highest BCUT2D eigenvalue weighted by atomic mass is 16.5. The molecule has 6 nitrogen and oxygen atoms in total. The fraction of sp³-hybridized carbons (Fsp3) is 0.0476. The van der Waals surface area contributed by atoms with E-state index < -0.39 is 0 Å². The molecular weight excluding hydrogens is 342 g/mol. The summed E-state index contributed by atoms with van der Waals surface area (Å²) in [5.74, 6) is 0.720. The first-order valence-corrected chi connectivity index (χ1v) is 8.40. The second-order valence-electron chi connectivity index (χ2n) is 6.11. The van der Waals surface area contributed by atoms with E-state index in [0.717, 1.165) is 27.9 Å². The van der Waals surface area contributed by atoms with Gasteiger partial charge in [-0.15, -0.1) is 0 Å². The molecule has 0 atom stereocenters. The number of fused-ring (bicyclic) bond motifs is 1. The van der Waals surface area contributed by atoms with Crippen LogP contribution >= 0.6 is 0 Å². The smallest absolute Gasteiger partial charge is 0.272 e. The molecule has 0 unspecified atom stereocenters. The summed E-state index contributed by atoms with van der Waals surface area (Å²) in [7, 11) is 1.59. The standard InChI is InChI=1S/C21H17N3O3/c1-27-16-8-6-13(7-9-16)10-18-20(25)24-19(21(26)23-18)12-15-11-14-4-2-3-5-17(14)22-15/h2-12,22H,1H3,(H,23,26)(H,24,25)/b18-10-,19-12-. The van der Waals surface area contributed by atoms with Gasteiger partial charge < -0.3 is 19.7 Å². The Morgan fingerprint density at radius 3 is 2.15 bits per heavy atom. The molecule has 0 aliphatic heterocycles. The number of hydrogen-bond acceptors (Lipinski definition) is 3. The van der Waals surface area contributed by atoms with Gasteiger partial charge in [0.15, 0.2) is 0 Å². The van der Waals surface area contributed by atoms with Crippen LogP contribution in [0.3, 0.4) is 0 Å². The number of methoxy groups -OCH3 is 1. The maximum absolute atomic E-state index is 12.4. The molecule has 0 aliphatic carbocycles. The van der Waals surface area contributed by atoms with E-state index in [9.17, 15) is 9.59 Å². The Hall–Kier alpha value is -3.80. The van der Waals surface area contributed by atoms with Crippen molar-refractivity contribution >= 4 is 23.1 Å². The normalized spacial score (nSPS) is 12.6. The average molecular weight is 359 g/mol. The first-order valence-electron chi connectivity index (χ1n) is 8.40. The quantitative estimate of drug-likeness (QED) is 0.514. The minimum Gasteiger partial charge on any atom is -0.497 e. The molecule has 2 heterocycles. The molecule has 0 fully saturated rings. The summed E-state index contributed by atoms with van der Waals surface area (Å²) >= 11 is 0. The van der Waals surface area contributed by atoms with E-state index in [2.05, 4.69) is 15.0 Å². The molecule has 2 aromatic heterocycles. The Kier molecular flexibility index (Phi) is 4.22. The summed E-state index contributed by atoms with van der Waals surface area (Å²) in [5.41, 5.74) is 1.75. The van der Waals surface area contributed by atoms with Crippen molar-refractivity contribution in [3.05, 3.63) is 97.3 Å². The third kappa shape index (κ3) is 3.46. The minimum atomic E-state index is -0.368. The topological polar surface area (TPSA) is 90.7 Å². The van der Waals surface area contributed by atoms with Crippen molar-refractivity contribution in [2.45, 2.75) is 0 Å². The lowest BCUT2D eigenvalue weighted by Gasteiger charge is -1.98. The summed E-state index contributed by atoms with van der Waals surface area (Å²) in [6.45, 7) is 0. The molecule has 134 valence electrons. The van der Waals surface area contributed by atoms with Crippen LogP contribution in [0.4, 0.5) is 0 Å². The summed E-state index contributed by atoms with van der Waals surface area (Å²) in [6.07, 6.45) is 3.24. The molecule has 4 aromatic rings. The van der Waals surface area contributed by atoms with Crippen molar-refractivity contribution in [3.8, 4) is 5.75 Å². The lowest BCUT2D eigenvalue weighted by Crippen LogP contribution is -2.46. The third-order valence-electron chi connectivity index (χ3n) is 4.26. The first-order chi connectivity index (χ1) is 13.1. The van der Waals surface area contributed by atoms with E-state index >= 15 is 0 Å². The number of benzene rings is 2. The van der Waals surface area contributed by atoms with Gasteiger partial charge in [0, 0.05) is 11.2 Å². The number of hydrogen-bond donors (Lipinski definition) is 3. The zero-order valence-corrected chi connectivity index (χ0v) is 14.6. The fourth-order valence-electron chi connectivity index (χ4n) is 2.89. The second kappa shape index (κ2) is 6.84. The van der Waals surface area contributed by atoms with Gasteiger partial charge in [-0.2, -0.15) is 0 Å².